The van der Waals surface area contributed by atoms with E-state index >= 15 is 0 Å². The number of nitrogens with zero attached hydrogens (tertiary/aromatic N) is 4. The SMILES string of the molecule is Cn1cc(CNCCc2ncn[nH]2)c(=O)n(C)c1=O. The molecule has 2 aromatic heterocycles. The maximum Gasteiger partial charge on any atom is 0.330 e. The van der Waals surface area contributed by atoms with Crippen LogP contribution in [0, 0.1) is 0 Å². The Bertz CT molecular complexity index is 655. The highest BCUT2D eigenvalue weighted by molar-refractivity contribution is 5.05. The molecule has 0 unspecified atom stereocenters. The van der Waals surface area contributed by atoms with Crippen LogP contribution in [0.4, 0.5) is 0 Å². The van der Waals surface area contributed by atoms with Crippen LogP contribution in [0.1, 0.15) is 11.4 Å². The molecular formula is C11H16N6O2. The van der Waals surface area contributed by atoms with Crippen LogP contribution in [0.5, 0.6) is 0 Å². The minimum atomic E-state index is -0.324. The average molecular weight is 264 g/mol. The van der Waals surface area contributed by atoms with Gasteiger partial charge in [-0.25, -0.2) is 9.78 Å². The Kier molecular flexibility index (Phi) is 3.91. The molecule has 2 N–H and O–H groups in total. The maximum atomic E-state index is 11.8. The summed E-state index contributed by atoms with van der Waals surface area (Å²) in [6, 6.07) is 0. The standard InChI is InChI=1S/C11H16N6O2/c1-16-6-8(10(18)17(2)11(16)19)5-12-4-3-9-13-7-14-15-9/h6-7,12H,3-5H2,1-2H3,(H,13,14,15). The monoisotopic (exact) mass is 264 g/mol. The number of rotatable bonds is 5. The molecule has 2 rings (SSSR count). The van der Waals surface area contributed by atoms with Crippen molar-refractivity contribution in [2.75, 3.05) is 6.54 Å². The molecule has 0 radical (unpaired) electrons. The zero-order valence-electron chi connectivity index (χ0n) is 10.9. The maximum absolute atomic E-state index is 11.8. The number of H-pyrrole nitrogens is 1. The molecule has 0 saturated carbocycles. The molecular weight excluding hydrogens is 248 g/mol. The lowest BCUT2D eigenvalue weighted by atomic mass is 10.3. The quantitative estimate of drug-likeness (QED) is 0.643. The molecule has 0 spiro atoms. The lowest BCUT2D eigenvalue weighted by Crippen LogP contribution is -2.39. The smallest absolute Gasteiger partial charge is 0.312 e. The molecule has 19 heavy (non-hydrogen) atoms. The molecule has 0 aliphatic carbocycles. The Morgan fingerprint density at radius 2 is 2.16 bits per heavy atom. The van der Waals surface area contributed by atoms with Crippen LogP contribution < -0.4 is 16.6 Å². The highest BCUT2D eigenvalue weighted by atomic mass is 16.2. The molecule has 0 aromatic carbocycles. The van der Waals surface area contributed by atoms with Gasteiger partial charge in [-0.05, 0) is 0 Å². The van der Waals surface area contributed by atoms with Crippen molar-refractivity contribution in [2.24, 2.45) is 14.1 Å². The summed E-state index contributed by atoms with van der Waals surface area (Å²) < 4.78 is 2.50. The van der Waals surface area contributed by atoms with E-state index in [1.54, 1.807) is 13.2 Å². The Morgan fingerprint density at radius 1 is 1.37 bits per heavy atom. The van der Waals surface area contributed by atoms with Gasteiger partial charge in [0.15, 0.2) is 0 Å². The number of hydrogen-bond donors (Lipinski definition) is 2. The molecule has 102 valence electrons. The van der Waals surface area contributed by atoms with E-state index in [-0.39, 0.29) is 11.2 Å². The number of aromatic nitrogens is 5. The van der Waals surface area contributed by atoms with Crippen LogP contribution in [0.25, 0.3) is 0 Å². The third-order valence-electron chi connectivity index (χ3n) is 2.84. The summed E-state index contributed by atoms with van der Waals surface area (Å²) in [6.07, 6.45) is 3.72. The molecule has 0 amide bonds. The fourth-order valence-electron chi connectivity index (χ4n) is 1.79. The van der Waals surface area contributed by atoms with Gasteiger partial charge in [-0.1, -0.05) is 0 Å². The van der Waals surface area contributed by atoms with Crippen molar-refractivity contribution in [3.05, 3.63) is 44.8 Å². The molecule has 2 heterocycles. The van der Waals surface area contributed by atoms with Gasteiger partial charge in [0, 0.05) is 45.4 Å². The second-order valence-electron chi connectivity index (χ2n) is 4.27. The molecule has 0 fully saturated rings. The van der Waals surface area contributed by atoms with Crippen LogP contribution in [-0.4, -0.2) is 30.9 Å². The van der Waals surface area contributed by atoms with E-state index in [4.69, 9.17) is 0 Å². The third-order valence-corrected chi connectivity index (χ3v) is 2.84. The van der Waals surface area contributed by atoms with Crippen LogP contribution in [0.3, 0.4) is 0 Å². The van der Waals surface area contributed by atoms with Gasteiger partial charge in [-0.2, -0.15) is 5.10 Å². The molecule has 0 aliphatic heterocycles. The number of aryl methyl sites for hydroxylation is 1. The predicted octanol–water partition coefficient (Wildman–Crippen LogP) is -1.47. The van der Waals surface area contributed by atoms with Crippen molar-refractivity contribution in [1.29, 1.82) is 0 Å². The number of nitrogens with one attached hydrogen (secondary N) is 2. The summed E-state index contributed by atoms with van der Waals surface area (Å²) in [5, 5.41) is 9.65. The van der Waals surface area contributed by atoms with Gasteiger partial charge < -0.3 is 9.88 Å². The molecule has 0 bridgehead atoms. The summed E-state index contributed by atoms with van der Waals surface area (Å²) in [7, 11) is 3.10. The van der Waals surface area contributed by atoms with E-state index in [0.717, 1.165) is 10.4 Å². The van der Waals surface area contributed by atoms with Crippen LogP contribution >= 0.6 is 0 Å². The lowest BCUT2D eigenvalue weighted by Gasteiger charge is -2.07. The van der Waals surface area contributed by atoms with E-state index < -0.39 is 0 Å². The van der Waals surface area contributed by atoms with Gasteiger partial charge in [0.25, 0.3) is 5.56 Å². The molecule has 8 heteroatoms. The Labute approximate surface area is 109 Å². The first kappa shape index (κ1) is 13.2. The Balaban J connectivity index is 1.97. The van der Waals surface area contributed by atoms with Crippen LogP contribution in [-0.2, 0) is 27.1 Å². The van der Waals surface area contributed by atoms with Crippen molar-refractivity contribution in [1.82, 2.24) is 29.6 Å². The fourth-order valence-corrected chi connectivity index (χ4v) is 1.79. The number of hydrogen-bond acceptors (Lipinski definition) is 5. The van der Waals surface area contributed by atoms with Gasteiger partial charge in [0.1, 0.15) is 12.2 Å². The second-order valence-corrected chi connectivity index (χ2v) is 4.27. The molecule has 0 atom stereocenters. The summed E-state index contributed by atoms with van der Waals surface area (Å²) in [5.74, 6) is 0.792. The van der Waals surface area contributed by atoms with E-state index in [0.29, 0.717) is 25.1 Å². The number of aromatic amines is 1. The van der Waals surface area contributed by atoms with E-state index in [9.17, 15) is 9.59 Å². The van der Waals surface area contributed by atoms with E-state index in [2.05, 4.69) is 20.5 Å². The molecule has 0 aliphatic rings. The normalized spacial score (nSPS) is 10.8. The topological polar surface area (TPSA) is 97.6 Å². The molecule has 2 aromatic rings. The van der Waals surface area contributed by atoms with Crippen molar-refractivity contribution in [3.8, 4) is 0 Å². The van der Waals surface area contributed by atoms with E-state index in [1.807, 2.05) is 0 Å². The highest BCUT2D eigenvalue weighted by Gasteiger charge is 2.06. The average Bonchev–Trinajstić information content (AvgIpc) is 2.91. The van der Waals surface area contributed by atoms with Gasteiger partial charge >= 0.3 is 5.69 Å². The zero-order valence-corrected chi connectivity index (χ0v) is 10.9. The van der Waals surface area contributed by atoms with Gasteiger partial charge in [0.2, 0.25) is 0 Å². The first-order valence-corrected chi connectivity index (χ1v) is 5.90. The first-order chi connectivity index (χ1) is 9.09. The van der Waals surface area contributed by atoms with Crippen molar-refractivity contribution in [2.45, 2.75) is 13.0 Å². The minimum absolute atomic E-state index is 0.268. The molecule has 8 nitrogen and oxygen atoms in total. The summed E-state index contributed by atoms with van der Waals surface area (Å²) in [6.45, 7) is 1.08. The highest BCUT2D eigenvalue weighted by Crippen LogP contribution is 1.89. The first-order valence-electron chi connectivity index (χ1n) is 5.90. The van der Waals surface area contributed by atoms with Crippen LogP contribution in [0.15, 0.2) is 22.1 Å². The minimum Gasteiger partial charge on any atom is -0.312 e. The van der Waals surface area contributed by atoms with Crippen molar-refractivity contribution >= 4 is 0 Å². The molecule has 0 saturated heterocycles. The van der Waals surface area contributed by atoms with Crippen LogP contribution in [0.2, 0.25) is 0 Å². The second kappa shape index (κ2) is 5.61. The van der Waals surface area contributed by atoms with E-state index in [1.165, 1.54) is 17.9 Å². The lowest BCUT2D eigenvalue weighted by molar-refractivity contribution is 0.625. The predicted molar refractivity (Wildman–Crippen MR) is 68.7 cm³/mol. The Hall–Kier alpha value is -2.22. The van der Waals surface area contributed by atoms with Gasteiger partial charge in [0.05, 0.1) is 0 Å². The zero-order chi connectivity index (χ0) is 13.8. The largest absolute Gasteiger partial charge is 0.330 e. The van der Waals surface area contributed by atoms with Gasteiger partial charge in [-0.15, -0.1) is 0 Å². The van der Waals surface area contributed by atoms with Crippen molar-refractivity contribution in [3.63, 3.8) is 0 Å². The van der Waals surface area contributed by atoms with Crippen molar-refractivity contribution < 1.29 is 0 Å². The summed E-state index contributed by atoms with van der Waals surface area (Å²) in [4.78, 5) is 27.4. The summed E-state index contributed by atoms with van der Waals surface area (Å²) in [5.41, 5.74) is -0.0344. The third kappa shape index (κ3) is 2.97. The Morgan fingerprint density at radius 3 is 2.84 bits per heavy atom. The summed E-state index contributed by atoms with van der Waals surface area (Å²) >= 11 is 0. The fraction of sp³-hybridized carbons (Fsp3) is 0.455. The van der Waals surface area contributed by atoms with Gasteiger partial charge in [-0.3, -0.25) is 14.5 Å².